The molecule has 0 aliphatic rings. The van der Waals surface area contributed by atoms with Gasteiger partial charge in [0.2, 0.25) is 0 Å². The van der Waals surface area contributed by atoms with Crippen molar-refractivity contribution in [2.24, 2.45) is 0 Å². The summed E-state index contributed by atoms with van der Waals surface area (Å²) in [7, 11) is 0. The largest absolute Gasteiger partial charge is 0.277 e. The Labute approximate surface area is 79.8 Å². The molecule has 68 valence electrons. The van der Waals surface area contributed by atoms with E-state index < -0.39 is 0 Å². The maximum atomic E-state index is 12.6. The van der Waals surface area contributed by atoms with E-state index in [2.05, 4.69) is 10.2 Å². The summed E-state index contributed by atoms with van der Waals surface area (Å²) in [5.41, 5.74) is 1.84. The number of rotatable bonds is 1. The molecular formula is C10H6FN3. The first kappa shape index (κ1) is 8.45. The van der Waals surface area contributed by atoms with Gasteiger partial charge >= 0.3 is 0 Å². The summed E-state index contributed by atoms with van der Waals surface area (Å²) in [5, 5.41) is 15.0. The standard InChI is InChI=1S/C10H6FN3/c11-8-3-1-7(2-4-8)10-5-9(6-12)13-14-10/h1-5H,(H,13,14). The van der Waals surface area contributed by atoms with Crippen molar-refractivity contribution in [2.45, 2.75) is 0 Å². The fourth-order valence-corrected chi connectivity index (χ4v) is 1.16. The van der Waals surface area contributed by atoms with E-state index in [1.807, 2.05) is 6.07 Å². The number of nitriles is 1. The van der Waals surface area contributed by atoms with Crippen LogP contribution in [0.5, 0.6) is 0 Å². The number of halogens is 1. The van der Waals surface area contributed by atoms with Crippen molar-refractivity contribution in [1.82, 2.24) is 10.2 Å². The lowest BCUT2D eigenvalue weighted by Crippen LogP contribution is -1.78. The van der Waals surface area contributed by atoms with Crippen molar-refractivity contribution < 1.29 is 4.39 Å². The second kappa shape index (κ2) is 3.30. The van der Waals surface area contributed by atoms with E-state index in [4.69, 9.17) is 5.26 Å². The van der Waals surface area contributed by atoms with E-state index in [1.54, 1.807) is 18.2 Å². The van der Waals surface area contributed by atoms with Gasteiger partial charge in [0.05, 0.1) is 5.69 Å². The number of aromatic nitrogens is 2. The van der Waals surface area contributed by atoms with Crippen molar-refractivity contribution in [3.05, 3.63) is 41.8 Å². The lowest BCUT2D eigenvalue weighted by Gasteiger charge is -1.94. The lowest BCUT2D eigenvalue weighted by molar-refractivity contribution is 0.628. The number of aromatic amines is 1. The molecule has 0 saturated heterocycles. The number of H-pyrrole nitrogens is 1. The Morgan fingerprint density at radius 1 is 1.29 bits per heavy atom. The molecule has 0 spiro atoms. The lowest BCUT2D eigenvalue weighted by atomic mass is 10.1. The van der Waals surface area contributed by atoms with Crippen molar-refractivity contribution in [1.29, 1.82) is 5.26 Å². The zero-order valence-corrected chi connectivity index (χ0v) is 7.16. The van der Waals surface area contributed by atoms with Crippen molar-refractivity contribution in [3.8, 4) is 17.3 Å². The Bertz CT molecular complexity index is 479. The van der Waals surface area contributed by atoms with Gasteiger partial charge in [0, 0.05) is 6.07 Å². The smallest absolute Gasteiger partial charge is 0.162 e. The summed E-state index contributed by atoms with van der Waals surface area (Å²) in [6, 6.07) is 9.51. The zero-order valence-electron chi connectivity index (χ0n) is 7.16. The Balaban J connectivity index is 2.40. The Morgan fingerprint density at radius 3 is 2.57 bits per heavy atom. The van der Waals surface area contributed by atoms with E-state index in [0.717, 1.165) is 5.56 Å². The van der Waals surface area contributed by atoms with E-state index in [-0.39, 0.29) is 5.82 Å². The molecule has 4 heteroatoms. The monoisotopic (exact) mass is 187 g/mol. The summed E-state index contributed by atoms with van der Waals surface area (Å²) >= 11 is 0. The van der Waals surface area contributed by atoms with Crippen LogP contribution >= 0.6 is 0 Å². The van der Waals surface area contributed by atoms with Gasteiger partial charge in [-0.05, 0) is 29.8 Å². The molecule has 0 unspecified atom stereocenters. The van der Waals surface area contributed by atoms with Crippen LogP contribution in [-0.4, -0.2) is 10.2 Å². The average Bonchev–Trinajstić information content (AvgIpc) is 2.67. The van der Waals surface area contributed by atoms with Crippen LogP contribution in [0.25, 0.3) is 11.3 Å². The van der Waals surface area contributed by atoms with Crippen molar-refractivity contribution in [3.63, 3.8) is 0 Å². The van der Waals surface area contributed by atoms with Gasteiger partial charge in [0.25, 0.3) is 0 Å². The molecule has 2 rings (SSSR count). The molecule has 0 fully saturated rings. The Hall–Kier alpha value is -2.15. The molecule has 0 atom stereocenters. The highest BCUT2D eigenvalue weighted by molar-refractivity contribution is 5.59. The van der Waals surface area contributed by atoms with Crippen LogP contribution < -0.4 is 0 Å². The van der Waals surface area contributed by atoms with E-state index in [1.165, 1.54) is 12.1 Å². The molecule has 0 bridgehead atoms. The van der Waals surface area contributed by atoms with Gasteiger partial charge in [0.15, 0.2) is 5.69 Å². The fraction of sp³-hybridized carbons (Fsp3) is 0. The highest BCUT2D eigenvalue weighted by Gasteiger charge is 2.02. The fourth-order valence-electron chi connectivity index (χ4n) is 1.16. The van der Waals surface area contributed by atoms with Crippen LogP contribution in [0.1, 0.15) is 5.69 Å². The predicted molar refractivity (Wildman–Crippen MR) is 48.7 cm³/mol. The topological polar surface area (TPSA) is 52.5 Å². The average molecular weight is 187 g/mol. The van der Waals surface area contributed by atoms with E-state index >= 15 is 0 Å². The molecule has 0 aliphatic heterocycles. The molecule has 1 aromatic heterocycles. The van der Waals surface area contributed by atoms with Gasteiger partial charge in [-0.1, -0.05) is 0 Å². The highest BCUT2D eigenvalue weighted by atomic mass is 19.1. The van der Waals surface area contributed by atoms with Gasteiger partial charge in [-0.3, -0.25) is 5.10 Å². The minimum Gasteiger partial charge on any atom is -0.277 e. The molecule has 0 saturated carbocycles. The van der Waals surface area contributed by atoms with Crippen molar-refractivity contribution in [2.75, 3.05) is 0 Å². The highest BCUT2D eigenvalue weighted by Crippen LogP contribution is 2.17. The molecule has 2 aromatic rings. The van der Waals surface area contributed by atoms with Gasteiger partial charge in [0.1, 0.15) is 11.9 Å². The molecule has 1 heterocycles. The molecule has 3 nitrogen and oxygen atoms in total. The Kier molecular flexibility index (Phi) is 1.99. The normalized spacial score (nSPS) is 9.71. The maximum Gasteiger partial charge on any atom is 0.162 e. The third-order valence-corrected chi connectivity index (χ3v) is 1.85. The summed E-state index contributed by atoms with van der Waals surface area (Å²) in [4.78, 5) is 0. The van der Waals surface area contributed by atoms with Crippen LogP contribution in [0.3, 0.4) is 0 Å². The number of nitrogens with one attached hydrogen (secondary N) is 1. The molecule has 1 aromatic carbocycles. The third kappa shape index (κ3) is 1.48. The second-order valence-electron chi connectivity index (χ2n) is 2.79. The molecule has 0 aliphatic carbocycles. The first-order chi connectivity index (χ1) is 6.79. The molecule has 14 heavy (non-hydrogen) atoms. The zero-order chi connectivity index (χ0) is 9.97. The van der Waals surface area contributed by atoms with Gasteiger partial charge in [-0.25, -0.2) is 4.39 Å². The van der Waals surface area contributed by atoms with Crippen LogP contribution in [0.15, 0.2) is 30.3 Å². The summed E-state index contributed by atoms with van der Waals surface area (Å²) < 4.78 is 12.6. The first-order valence-corrected chi connectivity index (χ1v) is 4.01. The third-order valence-electron chi connectivity index (χ3n) is 1.85. The van der Waals surface area contributed by atoms with Crippen molar-refractivity contribution >= 4 is 0 Å². The molecule has 0 radical (unpaired) electrons. The van der Waals surface area contributed by atoms with Crippen LogP contribution in [0, 0.1) is 17.1 Å². The molecular weight excluding hydrogens is 181 g/mol. The van der Waals surface area contributed by atoms with Crippen LogP contribution in [0.4, 0.5) is 4.39 Å². The minimum absolute atomic E-state index is 0.284. The quantitative estimate of drug-likeness (QED) is 0.743. The number of benzene rings is 1. The SMILES string of the molecule is N#Cc1cc(-c2ccc(F)cc2)[nH]n1. The van der Waals surface area contributed by atoms with Gasteiger partial charge < -0.3 is 0 Å². The summed E-state index contributed by atoms with van der Waals surface area (Å²) in [6.45, 7) is 0. The first-order valence-electron chi connectivity index (χ1n) is 4.01. The number of nitrogens with zero attached hydrogens (tertiary/aromatic N) is 2. The van der Waals surface area contributed by atoms with E-state index in [9.17, 15) is 4.39 Å². The second-order valence-corrected chi connectivity index (χ2v) is 2.79. The predicted octanol–water partition coefficient (Wildman–Crippen LogP) is 2.09. The summed E-state index contributed by atoms with van der Waals surface area (Å²) in [6.07, 6.45) is 0. The maximum absolute atomic E-state index is 12.6. The van der Waals surface area contributed by atoms with Crippen LogP contribution in [-0.2, 0) is 0 Å². The Morgan fingerprint density at radius 2 is 2.00 bits per heavy atom. The summed E-state index contributed by atoms with van der Waals surface area (Å²) in [5.74, 6) is -0.284. The van der Waals surface area contributed by atoms with Gasteiger partial charge in [-0.2, -0.15) is 10.4 Å². The number of hydrogen-bond donors (Lipinski definition) is 1. The molecule has 0 amide bonds. The minimum atomic E-state index is -0.284. The molecule has 1 N–H and O–H groups in total. The van der Waals surface area contributed by atoms with Crippen LogP contribution in [0.2, 0.25) is 0 Å². The van der Waals surface area contributed by atoms with Gasteiger partial charge in [-0.15, -0.1) is 0 Å². The van der Waals surface area contributed by atoms with E-state index in [0.29, 0.717) is 11.4 Å². The number of hydrogen-bond acceptors (Lipinski definition) is 2.